The lowest BCUT2D eigenvalue weighted by molar-refractivity contribution is 0.0956. The van der Waals surface area contributed by atoms with Crippen molar-refractivity contribution in [3.8, 4) is 0 Å². The number of aryl methyl sites for hydroxylation is 1. The van der Waals surface area contributed by atoms with Crippen LogP contribution in [-0.2, 0) is 7.05 Å². The van der Waals surface area contributed by atoms with Crippen LogP contribution in [0.2, 0.25) is 0 Å². The average molecular weight is 416 g/mol. The summed E-state index contributed by atoms with van der Waals surface area (Å²) in [5.41, 5.74) is 3.27. The van der Waals surface area contributed by atoms with E-state index in [9.17, 15) is 19.1 Å². The van der Waals surface area contributed by atoms with Gasteiger partial charge in [-0.15, -0.1) is 0 Å². The monoisotopic (exact) mass is 415 g/mol. The number of nitrogens with zero attached hydrogens (tertiary/aromatic N) is 1. The minimum atomic E-state index is -0.326. The Hall–Kier alpha value is -2.51. The second-order valence-corrected chi connectivity index (χ2v) is 8.22. The van der Waals surface area contributed by atoms with Gasteiger partial charge in [-0.2, -0.15) is 0 Å². The number of rotatable bonds is 6. The summed E-state index contributed by atoms with van der Waals surface area (Å²) >= 11 is 0. The number of ketones is 1. The third-order valence-corrected chi connectivity index (χ3v) is 6.09. The Bertz CT molecular complexity index is 959. The van der Waals surface area contributed by atoms with Gasteiger partial charge in [-0.3, -0.25) is 9.59 Å². The molecule has 6 nitrogen and oxygen atoms in total. The van der Waals surface area contributed by atoms with Crippen LogP contribution >= 0.6 is 0 Å². The van der Waals surface area contributed by atoms with Gasteiger partial charge in [0.2, 0.25) is 0 Å². The van der Waals surface area contributed by atoms with Gasteiger partial charge >= 0.3 is 0 Å². The van der Waals surface area contributed by atoms with E-state index in [2.05, 4.69) is 10.6 Å². The highest BCUT2D eigenvalue weighted by Crippen LogP contribution is 2.24. The largest absolute Gasteiger partial charge is 0.393 e. The molecule has 1 aliphatic carbocycles. The van der Waals surface area contributed by atoms with Crippen LogP contribution in [0.5, 0.6) is 0 Å². The quantitative estimate of drug-likeness (QED) is 0.632. The van der Waals surface area contributed by atoms with Crippen molar-refractivity contribution in [1.82, 2.24) is 9.88 Å². The standard InChI is InChI=1S/C23H30FN3O3/c1-13-11-17(7-10-19(13)24)26-23(30)21-14(2)22(27(4)15(21)3)20(29)12-25-16-5-8-18(28)9-6-16/h7,10-11,16,18,25,28H,5-6,8-9,12H2,1-4H3,(H,26,30). The predicted octanol–water partition coefficient (Wildman–Crippen LogP) is 3.42. The molecule has 1 aromatic heterocycles. The Morgan fingerprint density at radius 1 is 1.17 bits per heavy atom. The third-order valence-electron chi connectivity index (χ3n) is 6.09. The van der Waals surface area contributed by atoms with Gasteiger partial charge in [-0.1, -0.05) is 0 Å². The van der Waals surface area contributed by atoms with E-state index in [4.69, 9.17) is 0 Å². The molecule has 3 rings (SSSR count). The molecule has 162 valence electrons. The van der Waals surface area contributed by atoms with E-state index in [0.29, 0.717) is 33.8 Å². The highest BCUT2D eigenvalue weighted by molar-refractivity contribution is 6.09. The SMILES string of the molecule is Cc1cc(NC(=O)c2c(C)c(C(=O)CNC3CCC(O)CC3)n(C)c2C)ccc1F. The van der Waals surface area contributed by atoms with Crippen LogP contribution in [0.4, 0.5) is 10.1 Å². The minimum Gasteiger partial charge on any atom is -0.393 e. The predicted molar refractivity (Wildman–Crippen MR) is 115 cm³/mol. The molecule has 1 amide bonds. The van der Waals surface area contributed by atoms with E-state index < -0.39 is 0 Å². The van der Waals surface area contributed by atoms with Crippen molar-refractivity contribution in [2.24, 2.45) is 7.05 Å². The number of halogens is 1. The summed E-state index contributed by atoms with van der Waals surface area (Å²) in [4.78, 5) is 25.8. The van der Waals surface area contributed by atoms with Crippen LogP contribution in [0, 0.1) is 26.6 Å². The van der Waals surface area contributed by atoms with E-state index >= 15 is 0 Å². The van der Waals surface area contributed by atoms with Gasteiger partial charge in [0.15, 0.2) is 5.78 Å². The number of amides is 1. The van der Waals surface area contributed by atoms with E-state index in [1.807, 2.05) is 6.92 Å². The molecule has 0 spiro atoms. The zero-order valence-corrected chi connectivity index (χ0v) is 18.0. The molecule has 2 aromatic rings. The fourth-order valence-corrected chi connectivity index (χ4v) is 4.22. The summed E-state index contributed by atoms with van der Waals surface area (Å²) in [6, 6.07) is 4.65. The summed E-state index contributed by atoms with van der Waals surface area (Å²) in [5.74, 6) is -0.714. The molecule has 0 atom stereocenters. The van der Waals surface area contributed by atoms with Crippen molar-refractivity contribution in [1.29, 1.82) is 0 Å². The van der Waals surface area contributed by atoms with Crippen LogP contribution in [-0.4, -0.2) is 40.1 Å². The van der Waals surface area contributed by atoms with Crippen molar-refractivity contribution in [2.75, 3.05) is 11.9 Å². The van der Waals surface area contributed by atoms with Crippen LogP contribution in [0.1, 0.15) is 63.4 Å². The Labute approximate surface area is 176 Å². The zero-order chi connectivity index (χ0) is 22.0. The maximum atomic E-state index is 13.5. The maximum absolute atomic E-state index is 13.5. The van der Waals surface area contributed by atoms with E-state index in [-0.39, 0.29) is 36.2 Å². The van der Waals surface area contributed by atoms with Crippen molar-refractivity contribution in [3.63, 3.8) is 0 Å². The summed E-state index contributed by atoms with van der Waals surface area (Å²) in [6.07, 6.45) is 2.97. The van der Waals surface area contributed by atoms with Gasteiger partial charge in [0.25, 0.3) is 5.91 Å². The number of hydrogen-bond acceptors (Lipinski definition) is 4. The first-order valence-corrected chi connectivity index (χ1v) is 10.4. The molecular weight excluding hydrogens is 385 g/mol. The summed E-state index contributed by atoms with van der Waals surface area (Å²) in [5, 5.41) is 15.7. The molecule has 1 aromatic carbocycles. The number of carbonyl (C=O) groups excluding carboxylic acids is 2. The van der Waals surface area contributed by atoms with Crippen LogP contribution in [0.15, 0.2) is 18.2 Å². The molecule has 0 aliphatic heterocycles. The summed E-state index contributed by atoms with van der Waals surface area (Å²) in [6.45, 7) is 5.42. The number of aromatic nitrogens is 1. The number of hydrogen-bond donors (Lipinski definition) is 3. The normalized spacial score (nSPS) is 19.0. The number of benzene rings is 1. The van der Waals surface area contributed by atoms with Crippen LogP contribution in [0.3, 0.4) is 0 Å². The number of anilines is 1. The van der Waals surface area contributed by atoms with Crippen LogP contribution < -0.4 is 10.6 Å². The molecule has 30 heavy (non-hydrogen) atoms. The number of aliphatic hydroxyl groups is 1. The lowest BCUT2D eigenvalue weighted by Crippen LogP contribution is -2.38. The lowest BCUT2D eigenvalue weighted by atomic mass is 9.93. The molecule has 0 saturated heterocycles. The molecule has 1 heterocycles. The minimum absolute atomic E-state index is 0.0686. The zero-order valence-electron chi connectivity index (χ0n) is 18.0. The van der Waals surface area contributed by atoms with Gasteiger partial charge in [-0.25, -0.2) is 4.39 Å². The Morgan fingerprint density at radius 2 is 1.83 bits per heavy atom. The fourth-order valence-electron chi connectivity index (χ4n) is 4.22. The molecule has 1 aliphatic rings. The van der Waals surface area contributed by atoms with Gasteiger partial charge < -0.3 is 20.3 Å². The average Bonchev–Trinajstić information content (AvgIpc) is 2.92. The van der Waals surface area contributed by atoms with E-state index in [1.165, 1.54) is 12.1 Å². The Balaban J connectivity index is 1.74. The van der Waals surface area contributed by atoms with Gasteiger partial charge in [0.05, 0.1) is 23.9 Å². The smallest absolute Gasteiger partial charge is 0.257 e. The van der Waals surface area contributed by atoms with Gasteiger partial charge in [0, 0.05) is 24.5 Å². The molecule has 0 bridgehead atoms. The second kappa shape index (κ2) is 9.10. The van der Waals surface area contributed by atoms with Gasteiger partial charge in [0.1, 0.15) is 5.82 Å². The number of Topliss-reactive ketones (excluding diaryl/α,β-unsaturated/α-hetero) is 1. The first-order chi connectivity index (χ1) is 14.2. The van der Waals surface area contributed by atoms with Crippen molar-refractivity contribution >= 4 is 17.4 Å². The molecular formula is C23H30FN3O3. The Kier molecular flexibility index (Phi) is 6.73. The number of aliphatic hydroxyl groups excluding tert-OH is 1. The van der Waals surface area contributed by atoms with E-state index in [0.717, 1.165) is 25.7 Å². The first kappa shape index (κ1) is 22.2. The molecule has 0 unspecified atom stereocenters. The van der Waals surface area contributed by atoms with Crippen molar-refractivity contribution < 1.29 is 19.1 Å². The fraction of sp³-hybridized carbons (Fsp3) is 0.478. The highest BCUT2D eigenvalue weighted by Gasteiger charge is 2.26. The molecule has 0 radical (unpaired) electrons. The summed E-state index contributed by atoms with van der Waals surface area (Å²) < 4.78 is 15.2. The molecule has 1 fully saturated rings. The van der Waals surface area contributed by atoms with Crippen molar-refractivity contribution in [3.05, 3.63) is 52.1 Å². The molecule has 1 saturated carbocycles. The van der Waals surface area contributed by atoms with Crippen molar-refractivity contribution in [2.45, 2.75) is 58.6 Å². The number of nitrogens with one attached hydrogen (secondary N) is 2. The Morgan fingerprint density at radius 3 is 2.47 bits per heavy atom. The maximum Gasteiger partial charge on any atom is 0.257 e. The highest BCUT2D eigenvalue weighted by atomic mass is 19.1. The second-order valence-electron chi connectivity index (χ2n) is 8.22. The molecule has 7 heteroatoms. The summed E-state index contributed by atoms with van der Waals surface area (Å²) in [7, 11) is 1.78. The lowest BCUT2D eigenvalue weighted by Gasteiger charge is -2.26. The van der Waals surface area contributed by atoms with E-state index in [1.54, 1.807) is 31.5 Å². The number of carbonyl (C=O) groups is 2. The third kappa shape index (κ3) is 4.63. The van der Waals surface area contributed by atoms with Crippen LogP contribution in [0.25, 0.3) is 0 Å². The molecule has 3 N–H and O–H groups in total. The topological polar surface area (TPSA) is 83.4 Å². The van der Waals surface area contributed by atoms with Gasteiger partial charge in [-0.05, 0) is 75.8 Å². The first-order valence-electron chi connectivity index (χ1n) is 10.4.